The van der Waals surface area contributed by atoms with Crippen LogP contribution in [-0.4, -0.2) is 18.6 Å². The average Bonchev–Trinajstić information content (AvgIpc) is 3.22. The minimum Gasteiger partial charge on any atom is -0.454 e. The summed E-state index contributed by atoms with van der Waals surface area (Å²) in [7, 11) is 0. The molecule has 0 saturated heterocycles. The van der Waals surface area contributed by atoms with Gasteiger partial charge in [0.05, 0.1) is 5.69 Å². The number of rotatable bonds is 6. The van der Waals surface area contributed by atoms with Gasteiger partial charge < -0.3 is 20.1 Å². The van der Waals surface area contributed by atoms with Crippen molar-refractivity contribution < 1.29 is 19.1 Å². The van der Waals surface area contributed by atoms with Gasteiger partial charge in [-0.05, 0) is 55.0 Å². The van der Waals surface area contributed by atoms with Crippen molar-refractivity contribution in [3.05, 3.63) is 77.4 Å². The van der Waals surface area contributed by atoms with Gasteiger partial charge in [0.2, 0.25) is 12.7 Å². The van der Waals surface area contributed by atoms with E-state index in [9.17, 15) is 9.59 Å². The van der Waals surface area contributed by atoms with Gasteiger partial charge in [-0.1, -0.05) is 35.5 Å². The van der Waals surface area contributed by atoms with Crippen molar-refractivity contribution in [2.24, 2.45) is 0 Å². The van der Waals surface area contributed by atoms with Crippen molar-refractivity contribution in [3.8, 4) is 11.5 Å². The van der Waals surface area contributed by atoms with Crippen molar-refractivity contribution in [2.45, 2.75) is 30.2 Å². The molecule has 0 saturated carbocycles. The minimum absolute atomic E-state index is 0.191. The quantitative estimate of drug-likeness (QED) is 0.585. The number of amides is 2. The summed E-state index contributed by atoms with van der Waals surface area (Å²) in [6, 6.07) is 19.0. The zero-order chi connectivity index (χ0) is 21.8. The molecule has 0 aromatic heterocycles. The Bertz CT molecular complexity index is 1130. The molecule has 6 nitrogen and oxygen atoms in total. The van der Waals surface area contributed by atoms with Crippen molar-refractivity contribution in [2.75, 3.05) is 12.1 Å². The Labute approximate surface area is 185 Å². The van der Waals surface area contributed by atoms with Crippen LogP contribution in [-0.2, 0) is 11.3 Å². The summed E-state index contributed by atoms with van der Waals surface area (Å²) in [6.07, 6.45) is 0. The van der Waals surface area contributed by atoms with Gasteiger partial charge in [-0.2, -0.15) is 0 Å². The highest BCUT2D eigenvalue weighted by Crippen LogP contribution is 2.35. The van der Waals surface area contributed by atoms with E-state index in [1.54, 1.807) is 12.1 Å². The Morgan fingerprint density at radius 3 is 2.52 bits per heavy atom. The lowest BCUT2D eigenvalue weighted by Gasteiger charge is -2.13. The summed E-state index contributed by atoms with van der Waals surface area (Å²) in [5.41, 5.74) is 3.17. The van der Waals surface area contributed by atoms with Gasteiger partial charge in [-0.25, -0.2) is 0 Å². The van der Waals surface area contributed by atoms with Gasteiger partial charge >= 0.3 is 0 Å². The van der Waals surface area contributed by atoms with E-state index in [4.69, 9.17) is 9.47 Å². The molecule has 0 bridgehead atoms. The summed E-state index contributed by atoms with van der Waals surface area (Å²) >= 11 is 1.53. The highest BCUT2D eigenvalue weighted by atomic mass is 32.2. The maximum atomic E-state index is 12.7. The van der Waals surface area contributed by atoms with Crippen LogP contribution in [0.1, 0.15) is 28.4 Å². The number of aryl methyl sites for hydroxylation is 1. The Hall–Kier alpha value is -3.45. The summed E-state index contributed by atoms with van der Waals surface area (Å²) in [6.45, 7) is 4.05. The van der Waals surface area contributed by atoms with Crippen LogP contribution in [0.15, 0.2) is 70.5 Å². The summed E-state index contributed by atoms with van der Waals surface area (Å²) in [5, 5.41) is 5.74. The molecule has 1 aliphatic heterocycles. The number of fused-ring (bicyclic) bond motifs is 1. The maximum absolute atomic E-state index is 12.7. The molecule has 2 N–H and O–H groups in total. The molecule has 0 fully saturated rings. The van der Waals surface area contributed by atoms with Gasteiger partial charge in [0.1, 0.15) is 0 Å². The largest absolute Gasteiger partial charge is 0.454 e. The molecule has 158 valence electrons. The van der Waals surface area contributed by atoms with Crippen LogP contribution in [0.5, 0.6) is 11.5 Å². The molecule has 4 rings (SSSR count). The molecule has 3 aromatic rings. The fourth-order valence-corrected chi connectivity index (χ4v) is 4.00. The average molecular weight is 435 g/mol. The van der Waals surface area contributed by atoms with E-state index in [0.717, 1.165) is 15.4 Å². The van der Waals surface area contributed by atoms with E-state index in [-0.39, 0.29) is 18.6 Å². The molecule has 1 aliphatic rings. The lowest BCUT2D eigenvalue weighted by atomic mass is 10.1. The van der Waals surface area contributed by atoms with Crippen LogP contribution in [0.2, 0.25) is 0 Å². The Morgan fingerprint density at radius 2 is 1.74 bits per heavy atom. The van der Waals surface area contributed by atoms with E-state index < -0.39 is 0 Å². The summed E-state index contributed by atoms with van der Waals surface area (Å²) in [4.78, 5) is 26.3. The highest BCUT2D eigenvalue weighted by Gasteiger charge is 2.15. The van der Waals surface area contributed by atoms with Gasteiger partial charge in [0.25, 0.3) is 5.91 Å². The summed E-state index contributed by atoms with van der Waals surface area (Å²) < 4.78 is 10.7. The smallest absolute Gasteiger partial charge is 0.251 e. The van der Waals surface area contributed by atoms with Crippen LogP contribution in [0.4, 0.5) is 5.69 Å². The molecule has 0 unspecified atom stereocenters. The number of ether oxygens (including phenoxy) is 2. The molecule has 0 radical (unpaired) electrons. The first kappa shape index (κ1) is 20.8. The van der Waals surface area contributed by atoms with Crippen LogP contribution >= 0.6 is 11.8 Å². The molecule has 1 heterocycles. The van der Waals surface area contributed by atoms with Crippen molar-refractivity contribution in [1.82, 2.24) is 5.32 Å². The zero-order valence-corrected chi connectivity index (χ0v) is 18.0. The highest BCUT2D eigenvalue weighted by molar-refractivity contribution is 7.99. The molecule has 2 amide bonds. The van der Waals surface area contributed by atoms with E-state index >= 15 is 0 Å². The second kappa shape index (κ2) is 9.14. The van der Waals surface area contributed by atoms with Crippen molar-refractivity contribution in [1.29, 1.82) is 0 Å². The monoisotopic (exact) mass is 434 g/mol. The first-order valence-electron chi connectivity index (χ1n) is 9.81. The zero-order valence-electron chi connectivity index (χ0n) is 17.2. The van der Waals surface area contributed by atoms with Gasteiger partial charge in [0.15, 0.2) is 11.5 Å². The molecule has 0 aliphatic carbocycles. The lowest BCUT2D eigenvalue weighted by molar-refractivity contribution is -0.114. The topological polar surface area (TPSA) is 76.7 Å². The second-order valence-electron chi connectivity index (χ2n) is 7.18. The van der Waals surface area contributed by atoms with Crippen molar-refractivity contribution in [3.63, 3.8) is 0 Å². The third-order valence-electron chi connectivity index (χ3n) is 4.69. The predicted molar refractivity (Wildman–Crippen MR) is 120 cm³/mol. The normalized spacial score (nSPS) is 11.8. The Balaban J connectivity index is 1.48. The van der Waals surface area contributed by atoms with Crippen LogP contribution < -0.4 is 20.1 Å². The number of carbonyl (C=O) groups excluding carboxylic acids is 2. The molecular formula is C24H22N2O4S. The van der Waals surface area contributed by atoms with Crippen LogP contribution in [0.25, 0.3) is 0 Å². The lowest BCUT2D eigenvalue weighted by Crippen LogP contribution is -2.23. The summed E-state index contributed by atoms with van der Waals surface area (Å²) in [5.74, 6) is 0.966. The SMILES string of the molecule is CC(=O)Nc1cc(C(=O)NCc2ccc3c(c2)OCO3)ccc1Sc1ccc(C)cc1. The van der Waals surface area contributed by atoms with Crippen LogP contribution in [0.3, 0.4) is 0 Å². The number of anilines is 1. The fraction of sp³-hybridized carbons (Fsp3) is 0.167. The Kier molecular flexibility index (Phi) is 6.13. The first-order chi connectivity index (χ1) is 15.0. The molecule has 31 heavy (non-hydrogen) atoms. The van der Waals surface area contributed by atoms with Crippen LogP contribution in [0, 0.1) is 6.92 Å². The van der Waals surface area contributed by atoms with Crippen molar-refractivity contribution >= 4 is 29.3 Å². The molecule has 3 aromatic carbocycles. The number of hydrogen-bond acceptors (Lipinski definition) is 5. The number of benzene rings is 3. The Morgan fingerprint density at radius 1 is 0.968 bits per heavy atom. The fourth-order valence-electron chi connectivity index (χ4n) is 3.12. The van der Waals surface area contributed by atoms with E-state index in [2.05, 4.69) is 10.6 Å². The molecule has 0 atom stereocenters. The standard InChI is InChI=1S/C24H22N2O4S/c1-15-3-7-19(8-4-15)31-23-10-6-18(12-20(23)26-16(2)27)24(28)25-13-17-5-9-21-22(11-17)30-14-29-21/h3-12H,13-14H2,1-2H3,(H,25,28)(H,26,27). The predicted octanol–water partition coefficient (Wildman–Crippen LogP) is 4.76. The second-order valence-corrected chi connectivity index (χ2v) is 8.29. The van der Waals surface area contributed by atoms with Gasteiger partial charge in [0, 0.05) is 28.8 Å². The van der Waals surface area contributed by atoms with Gasteiger partial charge in [-0.3, -0.25) is 9.59 Å². The van der Waals surface area contributed by atoms with Gasteiger partial charge in [-0.15, -0.1) is 0 Å². The maximum Gasteiger partial charge on any atom is 0.251 e. The van der Waals surface area contributed by atoms with E-state index in [1.165, 1.54) is 24.2 Å². The molecule has 0 spiro atoms. The number of carbonyl (C=O) groups is 2. The number of nitrogens with one attached hydrogen (secondary N) is 2. The first-order valence-corrected chi connectivity index (χ1v) is 10.6. The van der Waals surface area contributed by atoms with E-state index in [1.807, 2.05) is 55.5 Å². The number of hydrogen-bond donors (Lipinski definition) is 2. The van der Waals surface area contributed by atoms with E-state index in [0.29, 0.717) is 29.3 Å². The molecule has 7 heteroatoms. The molecular weight excluding hydrogens is 412 g/mol. The third-order valence-corrected chi connectivity index (χ3v) is 5.78. The third kappa shape index (κ3) is 5.19. The minimum atomic E-state index is -0.226.